The smallest absolute Gasteiger partial charge is 0.274 e. The molecule has 2 N–H and O–H groups in total. The maximum atomic E-state index is 12.2. The number of carbonyl (C=O) groups excluding carboxylic acids is 1. The molecule has 1 aromatic heterocycles. The number of pyridine rings is 1. The van der Waals surface area contributed by atoms with Crippen molar-refractivity contribution in [3.63, 3.8) is 0 Å². The van der Waals surface area contributed by atoms with Crippen LogP contribution in [0.1, 0.15) is 23.8 Å². The van der Waals surface area contributed by atoms with Gasteiger partial charge in [0.1, 0.15) is 11.5 Å². The van der Waals surface area contributed by atoms with Crippen LogP contribution in [0.4, 0.5) is 11.5 Å². The lowest BCUT2D eigenvalue weighted by molar-refractivity contribution is 0.102. The van der Waals surface area contributed by atoms with Gasteiger partial charge in [-0.05, 0) is 59.3 Å². The van der Waals surface area contributed by atoms with Crippen LogP contribution in [0.15, 0.2) is 36.4 Å². The van der Waals surface area contributed by atoms with Gasteiger partial charge in [-0.2, -0.15) is 0 Å². The van der Waals surface area contributed by atoms with E-state index in [2.05, 4.69) is 45.1 Å². The van der Waals surface area contributed by atoms with Crippen LogP contribution in [0, 0.1) is 3.57 Å². The zero-order valence-corrected chi connectivity index (χ0v) is 14.4. The molecule has 0 bridgehead atoms. The average molecular weight is 416 g/mol. The quantitative estimate of drug-likeness (QED) is 0.711. The number of nitrogens with one attached hydrogen (secondary N) is 2. The molecular formula is C15H15ClIN3O. The number of rotatable bonds is 5. The van der Waals surface area contributed by atoms with Gasteiger partial charge in [0, 0.05) is 15.1 Å². The number of amides is 1. The molecule has 21 heavy (non-hydrogen) atoms. The molecule has 0 spiro atoms. The van der Waals surface area contributed by atoms with Crippen LogP contribution < -0.4 is 10.6 Å². The largest absolute Gasteiger partial charge is 0.370 e. The van der Waals surface area contributed by atoms with Crippen LogP contribution in [0.2, 0.25) is 5.02 Å². The molecule has 2 aromatic rings. The average Bonchev–Trinajstić information content (AvgIpc) is 2.48. The molecule has 0 unspecified atom stereocenters. The molecule has 2 rings (SSSR count). The van der Waals surface area contributed by atoms with Crippen LogP contribution >= 0.6 is 34.2 Å². The van der Waals surface area contributed by atoms with E-state index in [0.29, 0.717) is 16.5 Å². The van der Waals surface area contributed by atoms with Crippen LogP contribution in [-0.2, 0) is 0 Å². The Kier molecular flexibility index (Phi) is 5.81. The summed E-state index contributed by atoms with van der Waals surface area (Å²) in [5, 5.41) is 6.64. The summed E-state index contributed by atoms with van der Waals surface area (Å²) >= 11 is 8.03. The number of nitrogens with zero attached hydrogens (tertiary/aromatic N) is 1. The van der Waals surface area contributed by atoms with Gasteiger partial charge in [-0.15, -0.1) is 0 Å². The highest BCUT2D eigenvalue weighted by molar-refractivity contribution is 14.1. The van der Waals surface area contributed by atoms with Crippen LogP contribution in [0.25, 0.3) is 0 Å². The zero-order valence-electron chi connectivity index (χ0n) is 11.5. The van der Waals surface area contributed by atoms with Gasteiger partial charge in [-0.3, -0.25) is 4.79 Å². The number of anilines is 2. The second-order valence-electron chi connectivity index (χ2n) is 4.41. The van der Waals surface area contributed by atoms with Crippen LogP contribution in [0.5, 0.6) is 0 Å². The maximum absolute atomic E-state index is 12.2. The molecule has 1 heterocycles. The maximum Gasteiger partial charge on any atom is 0.274 e. The number of hydrogen-bond acceptors (Lipinski definition) is 3. The van der Waals surface area contributed by atoms with Crippen molar-refractivity contribution in [1.82, 2.24) is 4.98 Å². The minimum atomic E-state index is -0.240. The minimum absolute atomic E-state index is 0.240. The number of carbonyl (C=O) groups is 1. The van der Waals surface area contributed by atoms with E-state index in [1.807, 2.05) is 12.1 Å². The highest BCUT2D eigenvalue weighted by Crippen LogP contribution is 2.22. The summed E-state index contributed by atoms with van der Waals surface area (Å²) in [4.78, 5) is 16.5. The Morgan fingerprint density at radius 1 is 1.33 bits per heavy atom. The second-order valence-corrected chi connectivity index (χ2v) is 6.01. The van der Waals surface area contributed by atoms with Gasteiger partial charge in [0.2, 0.25) is 0 Å². The molecule has 0 saturated carbocycles. The Labute approximate surface area is 142 Å². The lowest BCUT2D eigenvalue weighted by atomic mass is 10.3. The molecule has 0 radical (unpaired) electrons. The molecule has 0 fully saturated rings. The minimum Gasteiger partial charge on any atom is -0.370 e. The third kappa shape index (κ3) is 4.57. The van der Waals surface area contributed by atoms with E-state index in [9.17, 15) is 4.79 Å². The number of benzene rings is 1. The molecule has 0 atom stereocenters. The first kappa shape index (κ1) is 16.0. The van der Waals surface area contributed by atoms with Crippen molar-refractivity contribution >= 4 is 51.6 Å². The Morgan fingerprint density at radius 2 is 2.14 bits per heavy atom. The fourth-order valence-electron chi connectivity index (χ4n) is 1.69. The Balaban J connectivity index is 2.12. The summed E-state index contributed by atoms with van der Waals surface area (Å²) in [6, 6.07) is 10.7. The summed E-state index contributed by atoms with van der Waals surface area (Å²) in [6.45, 7) is 2.90. The highest BCUT2D eigenvalue weighted by Gasteiger charge is 2.10. The van der Waals surface area contributed by atoms with Gasteiger partial charge in [-0.1, -0.05) is 24.6 Å². The van der Waals surface area contributed by atoms with Crippen molar-refractivity contribution in [2.45, 2.75) is 13.3 Å². The fourth-order valence-corrected chi connectivity index (χ4v) is 2.70. The van der Waals surface area contributed by atoms with Crippen molar-refractivity contribution in [2.24, 2.45) is 0 Å². The molecule has 110 valence electrons. The van der Waals surface area contributed by atoms with E-state index in [4.69, 9.17) is 11.6 Å². The van der Waals surface area contributed by atoms with Crippen molar-refractivity contribution in [3.05, 3.63) is 50.7 Å². The van der Waals surface area contributed by atoms with Crippen LogP contribution in [0.3, 0.4) is 0 Å². The van der Waals surface area contributed by atoms with E-state index in [0.717, 1.165) is 22.2 Å². The predicted octanol–water partition coefficient (Wildman–Crippen LogP) is 4.41. The summed E-state index contributed by atoms with van der Waals surface area (Å²) in [5.41, 5.74) is 1.10. The lowest BCUT2D eigenvalue weighted by Gasteiger charge is -2.09. The fraction of sp³-hybridized carbons (Fsp3) is 0.200. The summed E-state index contributed by atoms with van der Waals surface area (Å²) < 4.78 is 0.883. The molecule has 0 aliphatic carbocycles. The zero-order chi connectivity index (χ0) is 15.2. The van der Waals surface area contributed by atoms with Gasteiger partial charge >= 0.3 is 0 Å². The number of aromatic nitrogens is 1. The lowest BCUT2D eigenvalue weighted by Crippen LogP contribution is -2.15. The molecule has 6 heteroatoms. The van der Waals surface area contributed by atoms with Gasteiger partial charge in [0.15, 0.2) is 0 Å². The topological polar surface area (TPSA) is 54.0 Å². The molecule has 0 aliphatic heterocycles. The molecule has 4 nitrogen and oxygen atoms in total. The SMILES string of the molecule is CCCNc1cccc(C(=O)Nc2ccc(Cl)cc2I)n1. The monoisotopic (exact) mass is 415 g/mol. The van der Waals surface area contributed by atoms with Crippen molar-refractivity contribution in [3.8, 4) is 0 Å². The van der Waals surface area contributed by atoms with E-state index in [-0.39, 0.29) is 5.91 Å². The van der Waals surface area contributed by atoms with Gasteiger partial charge in [0.05, 0.1) is 5.69 Å². The molecule has 0 saturated heterocycles. The predicted molar refractivity (Wildman–Crippen MR) is 95.1 cm³/mol. The van der Waals surface area contributed by atoms with Crippen LogP contribution in [-0.4, -0.2) is 17.4 Å². The number of hydrogen-bond donors (Lipinski definition) is 2. The molecule has 0 aliphatic rings. The first-order valence-electron chi connectivity index (χ1n) is 6.57. The van der Waals surface area contributed by atoms with Gasteiger partial charge < -0.3 is 10.6 Å². The second kappa shape index (κ2) is 7.61. The Bertz CT molecular complexity index is 649. The van der Waals surface area contributed by atoms with Gasteiger partial charge in [-0.25, -0.2) is 4.98 Å². The molecule has 1 amide bonds. The first-order valence-corrected chi connectivity index (χ1v) is 8.03. The summed E-state index contributed by atoms with van der Waals surface area (Å²) in [7, 11) is 0. The van der Waals surface area contributed by atoms with E-state index in [1.165, 1.54) is 0 Å². The van der Waals surface area contributed by atoms with E-state index < -0.39 is 0 Å². The number of halogens is 2. The third-order valence-corrected chi connectivity index (χ3v) is 3.84. The van der Waals surface area contributed by atoms with E-state index >= 15 is 0 Å². The highest BCUT2D eigenvalue weighted by atomic mass is 127. The Hall–Kier alpha value is -1.34. The van der Waals surface area contributed by atoms with Crippen molar-refractivity contribution in [2.75, 3.05) is 17.2 Å². The molecular weight excluding hydrogens is 401 g/mol. The summed E-state index contributed by atoms with van der Waals surface area (Å²) in [5.74, 6) is 0.464. The van der Waals surface area contributed by atoms with Crippen molar-refractivity contribution in [1.29, 1.82) is 0 Å². The standard InChI is InChI=1S/C15H15ClIN3O/c1-2-8-18-14-5-3-4-13(19-14)15(21)20-12-7-6-10(16)9-11(12)17/h3-7,9H,2,8H2,1H3,(H,18,19)(H,20,21). The summed E-state index contributed by atoms with van der Waals surface area (Å²) in [6.07, 6.45) is 1.00. The van der Waals surface area contributed by atoms with Crippen molar-refractivity contribution < 1.29 is 4.79 Å². The van der Waals surface area contributed by atoms with Gasteiger partial charge in [0.25, 0.3) is 5.91 Å². The normalized spacial score (nSPS) is 10.2. The Morgan fingerprint density at radius 3 is 2.86 bits per heavy atom. The first-order chi connectivity index (χ1) is 10.1. The van der Waals surface area contributed by atoms with E-state index in [1.54, 1.807) is 24.3 Å². The molecule has 1 aromatic carbocycles. The third-order valence-electron chi connectivity index (χ3n) is 2.72.